The van der Waals surface area contributed by atoms with Gasteiger partial charge in [0.05, 0.1) is 6.61 Å². The predicted molar refractivity (Wildman–Crippen MR) is 140 cm³/mol. The molecule has 0 saturated carbocycles. The molecule has 0 atom stereocenters. The van der Waals surface area contributed by atoms with Crippen molar-refractivity contribution in [3.05, 3.63) is 84.2 Å². The quantitative estimate of drug-likeness (QED) is 0.0688. The third-order valence-corrected chi connectivity index (χ3v) is 5.89. The summed E-state index contributed by atoms with van der Waals surface area (Å²) in [5.41, 5.74) is 1.18. The van der Waals surface area contributed by atoms with Gasteiger partial charge < -0.3 is 18.6 Å². The average Bonchev–Trinajstić information content (AvgIpc) is 3.27. The number of carbonyl (C=O) groups is 2. The number of alkyl halides is 3. The van der Waals surface area contributed by atoms with Gasteiger partial charge in [0, 0.05) is 27.5 Å². The second-order valence-corrected chi connectivity index (χ2v) is 9.11. The Labute approximate surface area is 226 Å². The molecule has 10 heteroatoms. The molecule has 0 radical (unpaired) electrons. The van der Waals surface area contributed by atoms with Crippen molar-refractivity contribution in [2.24, 2.45) is 0 Å². The summed E-state index contributed by atoms with van der Waals surface area (Å²) in [4.78, 5) is 23.4. The van der Waals surface area contributed by atoms with Crippen molar-refractivity contribution >= 4 is 33.9 Å². The average molecular weight is 557 g/mol. The highest BCUT2D eigenvalue weighted by Gasteiger charge is 2.35. The molecule has 0 amide bonds. The third kappa shape index (κ3) is 6.17. The van der Waals surface area contributed by atoms with E-state index < -0.39 is 41.2 Å². The van der Waals surface area contributed by atoms with E-state index in [4.69, 9.17) is 13.9 Å². The van der Waals surface area contributed by atoms with Gasteiger partial charge >= 0.3 is 18.3 Å². The Morgan fingerprint density at radius 3 is 2.12 bits per heavy atom. The molecule has 4 aromatic rings. The van der Waals surface area contributed by atoms with Crippen molar-refractivity contribution in [1.29, 1.82) is 0 Å². The van der Waals surface area contributed by atoms with Gasteiger partial charge in [-0.3, -0.25) is 0 Å². The van der Waals surface area contributed by atoms with E-state index in [9.17, 15) is 22.8 Å². The fourth-order valence-corrected chi connectivity index (χ4v) is 3.95. The maximum absolute atomic E-state index is 15.7. The summed E-state index contributed by atoms with van der Waals surface area (Å²) in [7, 11) is 0. The van der Waals surface area contributed by atoms with E-state index >= 15 is 4.39 Å². The van der Waals surface area contributed by atoms with Crippen LogP contribution in [-0.2, 0) is 20.7 Å². The number of halogens is 4. The van der Waals surface area contributed by atoms with Crippen molar-refractivity contribution < 1.29 is 45.8 Å². The van der Waals surface area contributed by atoms with E-state index in [-0.39, 0.29) is 34.1 Å². The van der Waals surface area contributed by atoms with Gasteiger partial charge in [-0.15, -0.1) is 13.2 Å². The summed E-state index contributed by atoms with van der Waals surface area (Å²) < 4.78 is 75.2. The van der Waals surface area contributed by atoms with Crippen molar-refractivity contribution in [2.75, 3.05) is 6.61 Å². The minimum Gasteiger partial charge on any atom is -0.462 e. The molecular weight excluding hydrogens is 532 g/mol. The highest BCUT2D eigenvalue weighted by molar-refractivity contribution is 6.09. The number of aryl methyl sites for hydroxylation is 1. The molecule has 1 heterocycles. The predicted octanol–water partition coefficient (Wildman–Crippen LogP) is 7.82. The molecule has 0 bridgehead atoms. The normalized spacial score (nSPS) is 11.4. The molecule has 0 aliphatic rings. The lowest BCUT2D eigenvalue weighted by Gasteiger charge is -2.13. The van der Waals surface area contributed by atoms with Crippen LogP contribution in [0, 0.1) is 5.82 Å². The first-order chi connectivity index (χ1) is 18.9. The molecular formula is C30H24F4O6. The molecule has 1 aromatic heterocycles. The lowest BCUT2D eigenvalue weighted by molar-refractivity contribution is -0.274. The monoisotopic (exact) mass is 556 g/mol. The van der Waals surface area contributed by atoms with Crippen LogP contribution in [0.25, 0.3) is 33.1 Å². The SMILES string of the molecule is C=C(C)C(=O)OCCCc1ccc(-c2ccc3c(oc4c(OC(F)(F)F)c(OC(=O)C(=C)C)ccc43)c2F)cc1. The number of furan rings is 1. The molecule has 0 saturated heterocycles. The van der Waals surface area contributed by atoms with Gasteiger partial charge in [0.2, 0.25) is 5.75 Å². The number of hydrogen-bond donors (Lipinski definition) is 0. The van der Waals surface area contributed by atoms with Gasteiger partial charge in [-0.2, -0.15) is 0 Å². The number of rotatable bonds is 9. The van der Waals surface area contributed by atoms with E-state index in [1.165, 1.54) is 25.1 Å². The number of ether oxygens (including phenoxy) is 3. The van der Waals surface area contributed by atoms with Crippen molar-refractivity contribution in [1.82, 2.24) is 0 Å². The standard InChI is InChI=1S/C30H24F4O6/c1-16(2)28(35)37-15-5-6-18-7-9-19(10-8-18)20-11-12-21-22-13-14-23(38-29(36)17(3)4)27(40-30(32,33)34)26(22)39-25(21)24(20)31/h7-14H,1,3,5-6,15H2,2,4H3. The van der Waals surface area contributed by atoms with Crippen molar-refractivity contribution in [2.45, 2.75) is 33.1 Å². The third-order valence-electron chi connectivity index (χ3n) is 5.89. The van der Waals surface area contributed by atoms with E-state index in [1.54, 1.807) is 31.2 Å². The van der Waals surface area contributed by atoms with Crippen molar-refractivity contribution in [3.63, 3.8) is 0 Å². The Balaban J connectivity index is 1.66. The summed E-state index contributed by atoms with van der Waals surface area (Å²) in [5, 5.41) is 0.347. The fraction of sp³-hybridized carbons (Fsp3) is 0.200. The summed E-state index contributed by atoms with van der Waals surface area (Å²) in [6.07, 6.45) is -3.94. The molecule has 0 aliphatic carbocycles. The minimum atomic E-state index is -5.14. The largest absolute Gasteiger partial charge is 0.573 e. The van der Waals surface area contributed by atoms with Crippen molar-refractivity contribution in [3.8, 4) is 22.6 Å². The molecule has 0 spiro atoms. The summed E-state index contributed by atoms with van der Waals surface area (Å²) in [5.74, 6) is -3.66. The van der Waals surface area contributed by atoms with Crippen LogP contribution in [0.2, 0.25) is 0 Å². The summed E-state index contributed by atoms with van der Waals surface area (Å²) in [6, 6.07) is 12.5. The van der Waals surface area contributed by atoms with Crippen LogP contribution in [0.15, 0.2) is 77.3 Å². The van der Waals surface area contributed by atoms with Crippen LogP contribution in [-0.4, -0.2) is 24.9 Å². The first-order valence-corrected chi connectivity index (χ1v) is 12.1. The number of hydrogen-bond acceptors (Lipinski definition) is 6. The van der Waals surface area contributed by atoms with Crippen LogP contribution >= 0.6 is 0 Å². The Hall–Kier alpha value is -4.60. The number of benzene rings is 3. The van der Waals surface area contributed by atoms with Crippen LogP contribution < -0.4 is 9.47 Å². The molecule has 0 aliphatic heterocycles. The van der Waals surface area contributed by atoms with Gasteiger partial charge in [-0.05, 0) is 56.0 Å². The topological polar surface area (TPSA) is 75.0 Å². The Kier molecular flexibility index (Phi) is 7.99. The highest BCUT2D eigenvalue weighted by Crippen LogP contribution is 2.44. The maximum Gasteiger partial charge on any atom is 0.573 e. The first kappa shape index (κ1) is 28.4. The Bertz CT molecular complexity index is 1630. The van der Waals surface area contributed by atoms with Gasteiger partial charge in [-0.25, -0.2) is 14.0 Å². The second kappa shape index (κ2) is 11.3. The Morgan fingerprint density at radius 1 is 0.875 bits per heavy atom. The zero-order chi connectivity index (χ0) is 29.2. The molecule has 4 rings (SSSR count). The highest BCUT2D eigenvalue weighted by atomic mass is 19.4. The van der Waals surface area contributed by atoms with Crippen LogP contribution in [0.4, 0.5) is 17.6 Å². The number of carbonyl (C=O) groups excluding carboxylic acids is 2. The van der Waals surface area contributed by atoms with Crippen LogP contribution in [0.5, 0.6) is 11.5 Å². The number of esters is 2. The smallest absolute Gasteiger partial charge is 0.462 e. The molecule has 208 valence electrons. The van der Waals surface area contributed by atoms with E-state index in [2.05, 4.69) is 17.9 Å². The van der Waals surface area contributed by atoms with Gasteiger partial charge in [-0.1, -0.05) is 43.5 Å². The lowest BCUT2D eigenvalue weighted by Crippen LogP contribution is -2.18. The van der Waals surface area contributed by atoms with Crippen LogP contribution in [0.3, 0.4) is 0 Å². The fourth-order valence-electron chi connectivity index (χ4n) is 3.95. The van der Waals surface area contributed by atoms with E-state index in [0.717, 1.165) is 11.6 Å². The van der Waals surface area contributed by atoms with Crippen LogP contribution in [0.1, 0.15) is 25.8 Å². The molecule has 0 N–H and O–H groups in total. The van der Waals surface area contributed by atoms with Gasteiger partial charge in [0.15, 0.2) is 22.7 Å². The van der Waals surface area contributed by atoms with Gasteiger partial charge in [0.25, 0.3) is 0 Å². The second-order valence-electron chi connectivity index (χ2n) is 9.11. The maximum atomic E-state index is 15.7. The molecule has 6 nitrogen and oxygen atoms in total. The van der Waals surface area contributed by atoms with E-state index in [1.807, 2.05) is 0 Å². The minimum absolute atomic E-state index is 0.0458. The number of fused-ring (bicyclic) bond motifs is 3. The van der Waals surface area contributed by atoms with E-state index in [0.29, 0.717) is 24.0 Å². The van der Waals surface area contributed by atoms with Gasteiger partial charge in [0.1, 0.15) is 0 Å². The zero-order valence-electron chi connectivity index (χ0n) is 21.6. The molecule has 40 heavy (non-hydrogen) atoms. The lowest BCUT2D eigenvalue weighted by atomic mass is 10.00. The molecule has 0 fully saturated rings. The first-order valence-electron chi connectivity index (χ1n) is 12.1. The molecule has 3 aromatic carbocycles. The summed E-state index contributed by atoms with van der Waals surface area (Å²) in [6.45, 7) is 10.1. The zero-order valence-corrected chi connectivity index (χ0v) is 21.6. The summed E-state index contributed by atoms with van der Waals surface area (Å²) >= 11 is 0. The molecule has 0 unspecified atom stereocenters. The Morgan fingerprint density at radius 2 is 1.50 bits per heavy atom.